The Morgan fingerprint density at radius 1 is 1.30 bits per heavy atom. The van der Waals surface area contributed by atoms with Crippen molar-refractivity contribution in [2.45, 2.75) is 17.9 Å². The third kappa shape index (κ3) is 6.94. The fourth-order valence-corrected chi connectivity index (χ4v) is 6.75. The molecule has 1 aromatic rings. The van der Waals surface area contributed by atoms with Gasteiger partial charge in [-0.05, 0) is 47.8 Å². The molecule has 0 N–H and O–H groups in total. The molecule has 0 aliphatic carbocycles. The van der Waals surface area contributed by atoms with E-state index in [9.17, 15) is 4.79 Å². The Morgan fingerprint density at radius 3 is 2.74 bits per heavy atom. The van der Waals surface area contributed by atoms with Crippen LogP contribution < -0.4 is 0 Å². The van der Waals surface area contributed by atoms with E-state index in [1.54, 1.807) is 6.92 Å². The molecule has 1 nitrogen and oxygen atoms in total. The van der Waals surface area contributed by atoms with E-state index in [0.29, 0.717) is 10.2 Å². The Bertz CT molecular complexity index is 583. The van der Waals surface area contributed by atoms with Crippen molar-refractivity contribution in [3.63, 3.8) is 0 Å². The summed E-state index contributed by atoms with van der Waals surface area (Å²) in [6, 6.07) is 8.59. The predicted molar refractivity (Wildman–Crippen MR) is 114 cm³/mol. The van der Waals surface area contributed by atoms with Crippen LogP contribution in [-0.2, 0) is 4.79 Å². The van der Waals surface area contributed by atoms with Crippen LogP contribution in [-0.4, -0.2) is 22.4 Å². The monoisotopic (exact) mass is 446 g/mol. The molecule has 6 heteroatoms. The fourth-order valence-electron chi connectivity index (χ4n) is 1.79. The average molecular weight is 448 g/mol. The lowest BCUT2D eigenvalue weighted by atomic mass is 10.2. The number of carbonyl (C=O) groups excluding carboxylic acids is 1. The van der Waals surface area contributed by atoms with Gasteiger partial charge in [-0.15, -0.1) is 23.5 Å². The summed E-state index contributed by atoms with van der Waals surface area (Å²) in [5.41, 5.74) is 2.01. The maximum atomic E-state index is 11.4. The van der Waals surface area contributed by atoms with E-state index in [-0.39, 0.29) is 5.12 Å². The molecule has 0 amide bonds. The van der Waals surface area contributed by atoms with Gasteiger partial charge in [-0.2, -0.15) is 11.8 Å². The van der Waals surface area contributed by atoms with Gasteiger partial charge in [-0.1, -0.05) is 46.4 Å². The molecule has 124 valence electrons. The molecular weight excluding hydrogens is 428 g/mol. The van der Waals surface area contributed by atoms with E-state index < -0.39 is 0 Å². The van der Waals surface area contributed by atoms with Gasteiger partial charge in [0.25, 0.3) is 0 Å². The van der Waals surface area contributed by atoms with E-state index in [1.165, 1.54) is 22.2 Å². The molecule has 1 atom stereocenters. The number of thioether (sulfide) groups is 4. The molecule has 1 aliphatic heterocycles. The molecule has 1 unspecified atom stereocenters. The van der Waals surface area contributed by atoms with Crippen molar-refractivity contribution in [2.75, 3.05) is 17.3 Å². The van der Waals surface area contributed by atoms with Gasteiger partial charge in [0.1, 0.15) is 0 Å². The first-order valence-corrected chi connectivity index (χ1v) is 12.0. The number of carbonyl (C=O) groups is 1. The zero-order valence-corrected chi connectivity index (χ0v) is 17.8. The van der Waals surface area contributed by atoms with Crippen LogP contribution in [0.25, 0.3) is 0 Å². The zero-order valence-electron chi connectivity index (χ0n) is 12.9. The molecule has 0 saturated carbocycles. The molecule has 0 bridgehead atoms. The first-order chi connectivity index (χ1) is 11.1. The number of benzene rings is 1. The van der Waals surface area contributed by atoms with Crippen LogP contribution in [0.1, 0.15) is 23.5 Å². The standard InChI is InChI=1S/C17H19BrOS4/c1-12(2)16(19)21-9-3-8-20-10-15-11-22-17(23-15)13-4-6-14(18)7-5-13/h4-7,11,17H,1,3,8-10H2,2H3. The van der Waals surface area contributed by atoms with Gasteiger partial charge in [-0.3, -0.25) is 4.79 Å². The van der Waals surface area contributed by atoms with Crippen LogP contribution >= 0.6 is 63.0 Å². The topological polar surface area (TPSA) is 17.1 Å². The zero-order chi connectivity index (χ0) is 16.7. The molecule has 0 fully saturated rings. The van der Waals surface area contributed by atoms with Crippen molar-refractivity contribution in [1.82, 2.24) is 0 Å². The van der Waals surface area contributed by atoms with Gasteiger partial charge in [0.05, 0.1) is 4.58 Å². The van der Waals surface area contributed by atoms with E-state index in [4.69, 9.17) is 0 Å². The van der Waals surface area contributed by atoms with Gasteiger partial charge in [0.15, 0.2) is 0 Å². The average Bonchev–Trinajstić information content (AvgIpc) is 3.00. The lowest BCUT2D eigenvalue weighted by molar-refractivity contribution is -0.107. The molecule has 1 aliphatic rings. The molecule has 0 spiro atoms. The molecule has 0 aromatic heterocycles. The molecular formula is C17H19BrOS4. The molecule has 23 heavy (non-hydrogen) atoms. The first-order valence-electron chi connectivity index (χ1n) is 7.23. The molecule has 1 heterocycles. The Morgan fingerprint density at radius 2 is 2.04 bits per heavy atom. The van der Waals surface area contributed by atoms with Crippen LogP contribution in [0.15, 0.2) is 51.2 Å². The quantitative estimate of drug-likeness (QED) is 0.324. The minimum Gasteiger partial charge on any atom is -0.282 e. The lowest BCUT2D eigenvalue weighted by Crippen LogP contribution is -1.95. The smallest absolute Gasteiger partial charge is 0.214 e. The Hall–Kier alpha value is 0.250. The summed E-state index contributed by atoms with van der Waals surface area (Å²) >= 11 is 10.7. The highest BCUT2D eigenvalue weighted by Crippen LogP contribution is 2.51. The second kappa shape index (κ2) is 10.3. The predicted octanol–water partition coefficient (Wildman–Crippen LogP) is 6.73. The van der Waals surface area contributed by atoms with Crippen molar-refractivity contribution in [2.24, 2.45) is 0 Å². The third-order valence-electron chi connectivity index (χ3n) is 2.98. The minimum absolute atomic E-state index is 0.123. The molecule has 0 saturated heterocycles. The van der Waals surface area contributed by atoms with Gasteiger partial charge >= 0.3 is 0 Å². The minimum atomic E-state index is 0.123. The highest BCUT2D eigenvalue weighted by atomic mass is 79.9. The maximum Gasteiger partial charge on any atom is 0.214 e. The van der Waals surface area contributed by atoms with Gasteiger partial charge in [0.2, 0.25) is 5.12 Å². The van der Waals surface area contributed by atoms with E-state index >= 15 is 0 Å². The number of rotatable bonds is 8. The van der Waals surface area contributed by atoms with Crippen molar-refractivity contribution in [1.29, 1.82) is 0 Å². The van der Waals surface area contributed by atoms with Crippen molar-refractivity contribution >= 4 is 68.1 Å². The van der Waals surface area contributed by atoms with Crippen LogP contribution in [0.3, 0.4) is 0 Å². The van der Waals surface area contributed by atoms with Crippen LogP contribution in [0.2, 0.25) is 0 Å². The lowest BCUT2D eigenvalue weighted by Gasteiger charge is -2.09. The Balaban J connectivity index is 1.60. The fraction of sp³-hybridized carbons (Fsp3) is 0.353. The van der Waals surface area contributed by atoms with Crippen molar-refractivity contribution < 1.29 is 4.79 Å². The second-order valence-electron chi connectivity index (χ2n) is 5.04. The van der Waals surface area contributed by atoms with Gasteiger partial charge in [0, 0.05) is 20.9 Å². The Labute approximate surface area is 164 Å². The summed E-state index contributed by atoms with van der Waals surface area (Å²) in [5.74, 6) is 3.06. The molecule has 1 aromatic carbocycles. The summed E-state index contributed by atoms with van der Waals surface area (Å²) < 4.78 is 1.61. The number of hydrogen-bond donors (Lipinski definition) is 0. The third-order valence-corrected chi connectivity index (χ3v) is 8.65. The van der Waals surface area contributed by atoms with E-state index in [0.717, 1.165) is 28.2 Å². The van der Waals surface area contributed by atoms with Crippen LogP contribution in [0, 0.1) is 0 Å². The molecule has 2 rings (SSSR count). The maximum absolute atomic E-state index is 11.4. The number of halogens is 1. The van der Waals surface area contributed by atoms with Crippen LogP contribution in [0.4, 0.5) is 0 Å². The van der Waals surface area contributed by atoms with E-state index in [1.807, 2.05) is 35.3 Å². The molecule has 0 radical (unpaired) electrons. The first kappa shape index (κ1) is 19.6. The van der Waals surface area contributed by atoms with Crippen LogP contribution in [0.5, 0.6) is 0 Å². The summed E-state index contributed by atoms with van der Waals surface area (Å²) in [6.45, 7) is 5.44. The second-order valence-corrected chi connectivity index (χ2v) is 10.6. The largest absolute Gasteiger partial charge is 0.282 e. The van der Waals surface area contributed by atoms with E-state index in [2.05, 4.69) is 52.2 Å². The summed E-state index contributed by atoms with van der Waals surface area (Å²) in [5, 5.41) is 2.42. The SMILES string of the molecule is C=C(C)C(=O)SCCCSCC1=CSC(c2ccc(Br)cc2)S1. The normalized spacial score (nSPS) is 17.1. The summed E-state index contributed by atoms with van der Waals surface area (Å²) in [7, 11) is 0. The highest BCUT2D eigenvalue weighted by Gasteiger charge is 2.20. The summed E-state index contributed by atoms with van der Waals surface area (Å²) in [4.78, 5) is 12.9. The highest BCUT2D eigenvalue weighted by molar-refractivity contribution is 9.10. The number of hydrogen-bond acceptors (Lipinski definition) is 5. The summed E-state index contributed by atoms with van der Waals surface area (Å²) in [6.07, 6.45) is 1.07. The van der Waals surface area contributed by atoms with Gasteiger partial charge in [-0.25, -0.2) is 0 Å². The van der Waals surface area contributed by atoms with Gasteiger partial charge < -0.3 is 0 Å². The Kier molecular flexibility index (Phi) is 8.76. The van der Waals surface area contributed by atoms with Crippen molar-refractivity contribution in [3.05, 3.63) is 56.8 Å². The van der Waals surface area contributed by atoms with Crippen molar-refractivity contribution in [3.8, 4) is 0 Å².